The summed E-state index contributed by atoms with van der Waals surface area (Å²) in [5.41, 5.74) is 6.32. The summed E-state index contributed by atoms with van der Waals surface area (Å²) in [5, 5.41) is 4.67. The van der Waals surface area contributed by atoms with Crippen LogP contribution in [0.25, 0.3) is 0 Å². The van der Waals surface area contributed by atoms with Crippen molar-refractivity contribution >= 4 is 91.7 Å². The Morgan fingerprint density at radius 1 is 1.06 bits per heavy atom. The lowest BCUT2D eigenvalue weighted by Crippen LogP contribution is -2.19. The van der Waals surface area contributed by atoms with E-state index in [1.54, 1.807) is 6.21 Å². The van der Waals surface area contributed by atoms with Crippen LogP contribution < -0.4 is 10.2 Å². The molecule has 3 aromatic rings. The van der Waals surface area contributed by atoms with E-state index in [1.807, 2.05) is 32.0 Å². The van der Waals surface area contributed by atoms with Crippen molar-refractivity contribution in [3.63, 3.8) is 0 Å². The van der Waals surface area contributed by atoms with Crippen LogP contribution in [0.3, 0.4) is 0 Å². The molecule has 6 nitrogen and oxygen atoms in total. The average Bonchev–Trinajstić information content (AvgIpc) is 2.72. The number of halogens is 3. The molecule has 0 fully saturated rings. The van der Waals surface area contributed by atoms with E-state index in [4.69, 9.17) is 4.74 Å². The Kier molecular flexibility index (Phi) is 9.98. The molecule has 0 spiro atoms. The number of ether oxygens (including phenoxy) is 1. The van der Waals surface area contributed by atoms with Crippen molar-refractivity contribution in [2.45, 2.75) is 25.6 Å². The standard InChI is InChI=1S/C22H19I3N4O2S/c1-13-7-14(2)28-22(27-13)32-12-20(30)29-26-10-16-8-18(24)21(19(25)9-16)31-11-15-3-5-17(23)6-4-15/h3-10H,11-12H2,1-2H3,(H,29,30)/b26-10-. The van der Waals surface area contributed by atoms with Gasteiger partial charge in [-0.3, -0.25) is 4.79 Å². The van der Waals surface area contributed by atoms with Crippen molar-refractivity contribution < 1.29 is 9.53 Å². The first-order valence-corrected chi connectivity index (χ1v) is 13.7. The zero-order valence-corrected chi connectivity index (χ0v) is 24.5. The summed E-state index contributed by atoms with van der Waals surface area (Å²) in [6.45, 7) is 4.32. The second kappa shape index (κ2) is 12.5. The zero-order valence-electron chi connectivity index (χ0n) is 17.2. The van der Waals surface area contributed by atoms with Gasteiger partial charge in [0.2, 0.25) is 0 Å². The number of aromatic nitrogens is 2. The molecule has 0 radical (unpaired) electrons. The van der Waals surface area contributed by atoms with Gasteiger partial charge in [-0.2, -0.15) is 5.10 Å². The number of carbonyl (C=O) groups is 1. The molecule has 1 heterocycles. The molecule has 0 aliphatic heterocycles. The zero-order chi connectivity index (χ0) is 23.1. The van der Waals surface area contributed by atoms with Crippen molar-refractivity contribution in [2.24, 2.45) is 5.10 Å². The second-order valence-corrected chi connectivity index (χ2v) is 11.3. The van der Waals surface area contributed by atoms with Crippen molar-refractivity contribution in [2.75, 3.05) is 5.75 Å². The van der Waals surface area contributed by atoms with E-state index >= 15 is 0 Å². The predicted octanol–water partition coefficient (Wildman–Crippen LogP) is 5.73. The monoisotopic (exact) mass is 784 g/mol. The van der Waals surface area contributed by atoms with Gasteiger partial charge in [0.25, 0.3) is 5.91 Å². The number of benzene rings is 2. The maximum Gasteiger partial charge on any atom is 0.250 e. The van der Waals surface area contributed by atoms with Crippen LogP contribution in [0.4, 0.5) is 0 Å². The van der Waals surface area contributed by atoms with Crippen molar-refractivity contribution in [1.29, 1.82) is 0 Å². The summed E-state index contributed by atoms with van der Waals surface area (Å²) >= 11 is 8.08. The van der Waals surface area contributed by atoms with E-state index in [-0.39, 0.29) is 11.7 Å². The Balaban J connectivity index is 1.53. The van der Waals surface area contributed by atoms with Gasteiger partial charge in [-0.1, -0.05) is 23.9 Å². The number of aryl methyl sites for hydroxylation is 2. The molecule has 10 heteroatoms. The molecule has 0 bridgehead atoms. The first kappa shape index (κ1) is 25.6. The molecule has 0 aliphatic carbocycles. The lowest BCUT2D eigenvalue weighted by molar-refractivity contribution is -0.118. The second-order valence-electron chi connectivity index (χ2n) is 6.74. The van der Waals surface area contributed by atoms with Crippen LogP contribution in [0.2, 0.25) is 0 Å². The molecule has 1 aromatic heterocycles. The predicted molar refractivity (Wildman–Crippen MR) is 153 cm³/mol. The molecule has 2 aromatic carbocycles. The van der Waals surface area contributed by atoms with Crippen LogP contribution in [0.15, 0.2) is 52.7 Å². The fourth-order valence-electron chi connectivity index (χ4n) is 2.63. The highest BCUT2D eigenvalue weighted by Gasteiger charge is 2.09. The third-order valence-corrected chi connectivity index (χ3v) is 7.18. The van der Waals surface area contributed by atoms with Crippen LogP contribution in [-0.4, -0.2) is 27.8 Å². The quantitative estimate of drug-likeness (QED) is 0.104. The fraction of sp³-hybridized carbons (Fsp3) is 0.182. The van der Waals surface area contributed by atoms with E-state index in [0.29, 0.717) is 11.8 Å². The number of rotatable bonds is 8. The van der Waals surface area contributed by atoms with Crippen LogP contribution in [0, 0.1) is 24.6 Å². The Hall–Kier alpha value is -1.000. The Morgan fingerprint density at radius 2 is 1.69 bits per heavy atom. The van der Waals surface area contributed by atoms with Crippen molar-refractivity contribution in [3.05, 3.63) is 75.7 Å². The normalized spacial score (nSPS) is 11.0. The summed E-state index contributed by atoms with van der Waals surface area (Å²) in [4.78, 5) is 20.7. The van der Waals surface area contributed by atoms with Crippen LogP contribution in [0.1, 0.15) is 22.5 Å². The van der Waals surface area contributed by atoms with E-state index in [2.05, 4.69) is 113 Å². The molecule has 166 valence electrons. The van der Waals surface area contributed by atoms with Gasteiger partial charge in [0.1, 0.15) is 12.4 Å². The van der Waals surface area contributed by atoms with Crippen LogP contribution in [0.5, 0.6) is 5.75 Å². The Labute approximate surface area is 232 Å². The third-order valence-electron chi connectivity index (χ3n) is 4.01. The first-order chi connectivity index (χ1) is 15.3. The SMILES string of the molecule is Cc1cc(C)nc(SCC(=O)N/N=C\c2cc(I)c(OCc3ccc(I)cc3)c(I)c2)n1. The molecule has 0 aliphatic rings. The minimum Gasteiger partial charge on any atom is -0.487 e. The van der Waals surface area contributed by atoms with E-state index in [9.17, 15) is 4.79 Å². The molecule has 1 N–H and O–H groups in total. The molecule has 3 rings (SSSR count). The Bertz CT molecular complexity index is 1100. The maximum atomic E-state index is 12.1. The lowest BCUT2D eigenvalue weighted by Gasteiger charge is -2.11. The number of hydrogen-bond donors (Lipinski definition) is 1. The molecular formula is C22H19I3N4O2S. The summed E-state index contributed by atoms with van der Waals surface area (Å²) in [6.07, 6.45) is 1.63. The molecule has 1 amide bonds. The van der Waals surface area contributed by atoms with E-state index in [1.165, 1.54) is 15.3 Å². The first-order valence-electron chi connectivity index (χ1n) is 9.43. The van der Waals surface area contributed by atoms with Gasteiger partial charge in [0.05, 0.1) is 19.1 Å². The van der Waals surface area contributed by atoms with Gasteiger partial charge in [0.15, 0.2) is 5.16 Å². The molecule has 0 unspecified atom stereocenters. The average molecular weight is 784 g/mol. The van der Waals surface area contributed by atoms with Crippen molar-refractivity contribution in [3.8, 4) is 5.75 Å². The summed E-state index contributed by atoms with van der Waals surface area (Å²) in [6, 6.07) is 14.1. The molecule has 0 saturated carbocycles. The minimum absolute atomic E-state index is 0.195. The molecule has 0 atom stereocenters. The summed E-state index contributed by atoms with van der Waals surface area (Å²) in [7, 11) is 0. The number of hydrazone groups is 1. The third kappa shape index (κ3) is 8.09. The highest BCUT2D eigenvalue weighted by molar-refractivity contribution is 14.1. The van der Waals surface area contributed by atoms with Gasteiger partial charge in [-0.25, -0.2) is 15.4 Å². The van der Waals surface area contributed by atoms with Crippen LogP contribution in [-0.2, 0) is 11.4 Å². The van der Waals surface area contributed by atoms with E-state index in [0.717, 1.165) is 35.4 Å². The lowest BCUT2D eigenvalue weighted by atomic mass is 10.2. The number of thioether (sulfide) groups is 1. The van der Waals surface area contributed by atoms with E-state index < -0.39 is 0 Å². The number of carbonyl (C=O) groups excluding carboxylic acids is 1. The van der Waals surface area contributed by atoms with Gasteiger partial charge in [-0.15, -0.1) is 0 Å². The van der Waals surface area contributed by atoms with Crippen molar-refractivity contribution in [1.82, 2.24) is 15.4 Å². The molecule has 0 saturated heterocycles. The number of amides is 1. The number of nitrogens with one attached hydrogen (secondary N) is 1. The van der Waals surface area contributed by atoms with Gasteiger partial charge >= 0.3 is 0 Å². The van der Waals surface area contributed by atoms with Gasteiger partial charge in [-0.05, 0) is 123 Å². The molecule has 32 heavy (non-hydrogen) atoms. The Morgan fingerprint density at radius 3 is 2.31 bits per heavy atom. The van der Waals surface area contributed by atoms with Gasteiger partial charge < -0.3 is 4.74 Å². The smallest absolute Gasteiger partial charge is 0.250 e. The number of nitrogens with zero attached hydrogens (tertiary/aromatic N) is 3. The fourth-order valence-corrected chi connectivity index (χ4v) is 5.86. The van der Waals surface area contributed by atoms with Gasteiger partial charge in [0, 0.05) is 15.0 Å². The molecular weight excluding hydrogens is 765 g/mol. The highest BCUT2D eigenvalue weighted by Crippen LogP contribution is 2.29. The maximum absolute atomic E-state index is 12.1. The number of hydrogen-bond acceptors (Lipinski definition) is 6. The summed E-state index contributed by atoms with van der Waals surface area (Å²) < 4.78 is 9.20. The van der Waals surface area contributed by atoms with Crippen LogP contribution >= 0.6 is 79.5 Å². The minimum atomic E-state index is -0.212. The highest BCUT2D eigenvalue weighted by atomic mass is 127. The summed E-state index contributed by atoms with van der Waals surface area (Å²) in [5.74, 6) is 0.826. The topological polar surface area (TPSA) is 76.5 Å². The largest absolute Gasteiger partial charge is 0.487 e.